The number of ether oxygens (including phenoxy) is 4. The molecule has 0 saturated carbocycles. The van der Waals surface area contributed by atoms with Gasteiger partial charge in [0, 0.05) is 17.7 Å². The largest absolute Gasteiger partial charge is 0.493 e. The number of methoxy groups -OCH3 is 2. The maximum Gasteiger partial charge on any atom is 0.269 e. The number of nitrogens with one attached hydrogen (secondary N) is 3. The number of hydrazine groups is 1. The van der Waals surface area contributed by atoms with Gasteiger partial charge in [0.2, 0.25) is 0 Å². The van der Waals surface area contributed by atoms with E-state index in [0.717, 1.165) is 0 Å². The zero-order chi connectivity index (χ0) is 22.6. The molecule has 0 heterocycles. The summed E-state index contributed by atoms with van der Waals surface area (Å²) >= 11 is 5.05. The molecule has 0 fully saturated rings. The highest BCUT2D eigenvalue weighted by Gasteiger charge is 2.12. The van der Waals surface area contributed by atoms with Gasteiger partial charge in [-0.2, -0.15) is 0 Å². The third kappa shape index (κ3) is 7.43. The maximum atomic E-state index is 12.3. The number of carbonyl (C=O) groups is 2. The Hall–Kier alpha value is -3.37. The van der Waals surface area contributed by atoms with Crippen LogP contribution in [0.25, 0.3) is 0 Å². The minimum atomic E-state index is -0.467. The van der Waals surface area contributed by atoms with E-state index in [2.05, 4.69) is 16.2 Å². The Bertz CT molecular complexity index is 904. The van der Waals surface area contributed by atoms with Gasteiger partial charge in [0.05, 0.1) is 20.8 Å². The Balaban J connectivity index is 1.82. The smallest absolute Gasteiger partial charge is 0.269 e. The SMILES string of the molecule is CCOCCOc1ccc(C(=O)NC(=S)NNC(=O)c2ccc(OC)c(OC)c2)cc1. The second-order valence-corrected chi connectivity index (χ2v) is 6.41. The zero-order valence-electron chi connectivity index (χ0n) is 17.5. The summed E-state index contributed by atoms with van der Waals surface area (Å²) in [6, 6.07) is 11.3. The number of carbonyl (C=O) groups excluding carboxylic acids is 2. The van der Waals surface area contributed by atoms with Crippen molar-refractivity contribution >= 4 is 29.1 Å². The Morgan fingerprint density at radius 2 is 1.55 bits per heavy atom. The monoisotopic (exact) mass is 447 g/mol. The van der Waals surface area contributed by atoms with Crippen molar-refractivity contribution in [3.8, 4) is 17.2 Å². The lowest BCUT2D eigenvalue weighted by Gasteiger charge is -2.12. The molecule has 0 atom stereocenters. The fourth-order valence-corrected chi connectivity index (χ4v) is 2.58. The van der Waals surface area contributed by atoms with E-state index in [1.54, 1.807) is 36.4 Å². The number of thiocarbonyl (C=S) groups is 1. The molecule has 2 rings (SSSR count). The lowest BCUT2D eigenvalue weighted by molar-refractivity contribution is 0.0934. The van der Waals surface area contributed by atoms with Gasteiger partial charge < -0.3 is 18.9 Å². The van der Waals surface area contributed by atoms with Crippen molar-refractivity contribution in [1.82, 2.24) is 16.2 Å². The molecule has 0 radical (unpaired) electrons. The van der Waals surface area contributed by atoms with E-state index in [1.165, 1.54) is 20.3 Å². The fraction of sp³-hybridized carbons (Fsp3) is 0.286. The van der Waals surface area contributed by atoms with Crippen LogP contribution in [0, 0.1) is 0 Å². The highest BCUT2D eigenvalue weighted by Crippen LogP contribution is 2.27. The van der Waals surface area contributed by atoms with Crippen molar-refractivity contribution in [2.45, 2.75) is 6.92 Å². The first-order valence-corrected chi connectivity index (χ1v) is 9.83. The van der Waals surface area contributed by atoms with Crippen LogP contribution in [-0.2, 0) is 4.74 Å². The maximum absolute atomic E-state index is 12.3. The summed E-state index contributed by atoms with van der Waals surface area (Å²) in [6.07, 6.45) is 0. The van der Waals surface area contributed by atoms with Crippen LogP contribution in [0.2, 0.25) is 0 Å². The normalized spacial score (nSPS) is 10.0. The van der Waals surface area contributed by atoms with Crippen molar-refractivity contribution in [2.75, 3.05) is 34.0 Å². The number of amides is 2. The average Bonchev–Trinajstić information content (AvgIpc) is 2.80. The van der Waals surface area contributed by atoms with Crippen molar-refractivity contribution in [3.63, 3.8) is 0 Å². The van der Waals surface area contributed by atoms with Gasteiger partial charge >= 0.3 is 0 Å². The lowest BCUT2D eigenvalue weighted by atomic mass is 10.2. The molecule has 10 heteroatoms. The van der Waals surface area contributed by atoms with Crippen LogP contribution < -0.4 is 30.4 Å². The van der Waals surface area contributed by atoms with Gasteiger partial charge in [-0.15, -0.1) is 0 Å². The first-order valence-electron chi connectivity index (χ1n) is 9.42. The van der Waals surface area contributed by atoms with Gasteiger partial charge in [-0.05, 0) is 61.6 Å². The number of benzene rings is 2. The molecule has 0 spiro atoms. The summed E-state index contributed by atoms with van der Waals surface area (Å²) in [6.45, 7) is 3.46. The van der Waals surface area contributed by atoms with E-state index in [4.69, 9.17) is 31.2 Å². The van der Waals surface area contributed by atoms with Gasteiger partial charge in [-0.25, -0.2) is 0 Å². The Labute approximate surface area is 186 Å². The number of rotatable bonds is 9. The summed E-state index contributed by atoms with van der Waals surface area (Å²) in [4.78, 5) is 24.6. The standard InChI is InChI=1S/C21H25N3O6S/c1-4-29-11-12-30-16-8-5-14(6-9-16)19(25)22-21(31)24-23-20(26)15-7-10-17(27-2)18(13-15)28-3/h5-10,13H,4,11-12H2,1-3H3,(H,23,26)(H2,22,24,25,31). The molecule has 0 aliphatic rings. The van der Waals surface area contributed by atoms with E-state index >= 15 is 0 Å². The van der Waals surface area contributed by atoms with Crippen LogP contribution >= 0.6 is 12.2 Å². The van der Waals surface area contributed by atoms with Gasteiger partial charge in [0.1, 0.15) is 12.4 Å². The second kappa shape index (κ2) is 12.4. The predicted octanol–water partition coefficient (Wildman–Crippen LogP) is 2.07. The van der Waals surface area contributed by atoms with Gasteiger partial charge in [-0.3, -0.25) is 25.8 Å². The quantitative estimate of drug-likeness (QED) is 0.305. The van der Waals surface area contributed by atoms with Gasteiger partial charge in [0.15, 0.2) is 16.6 Å². The van der Waals surface area contributed by atoms with E-state index in [9.17, 15) is 9.59 Å². The van der Waals surface area contributed by atoms with Crippen LogP contribution in [0.4, 0.5) is 0 Å². The fourth-order valence-electron chi connectivity index (χ4n) is 2.44. The third-order valence-electron chi connectivity index (χ3n) is 3.98. The molecule has 31 heavy (non-hydrogen) atoms. The molecule has 166 valence electrons. The third-order valence-corrected chi connectivity index (χ3v) is 4.18. The first-order chi connectivity index (χ1) is 15.0. The van der Waals surface area contributed by atoms with Crippen LogP contribution in [0.3, 0.4) is 0 Å². The minimum Gasteiger partial charge on any atom is -0.493 e. The van der Waals surface area contributed by atoms with E-state index < -0.39 is 11.8 Å². The Kier molecular flexibility index (Phi) is 9.53. The molecule has 2 amide bonds. The van der Waals surface area contributed by atoms with E-state index in [1.807, 2.05) is 6.92 Å². The van der Waals surface area contributed by atoms with Crippen LogP contribution in [0.5, 0.6) is 17.2 Å². The summed E-state index contributed by atoms with van der Waals surface area (Å²) in [7, 11) is 2.98. The van der Waals surface area contributed by atoms with E-state index in [0.29, 0.717) is 48.2 Å². The second-order valence-electron chi connectivity index (χ2n) is 6.00. The Morgan fingerprint density at radius 1 is 0.871 bits per heavy atom. The molecule has 0 aliphatic heterocycles. The molecule has 0 saturated heterocycles. The molecule has 0 bridgehead atoms. The summed E-state index contributed by atoms with van der Waals surface area (Å²) < 4.78 is 21.0. The van der Waals surface area contributed by atoms with Crippen LogP contribution in [0.1, 0.15) is 27.6 Å². The summed E-state index contributed by atoms with van der Waals surface area (Å²) in [5.41, 5.74) is 5.60. The van der Waals surface area contributed by atoms with Crippen molar-refractivity contribution in [1.29, 1.82) is 0 Å². The minimum absolute atomic E-state index is 0.0594. The molecule has 2 aromatic rings. The van der Waals surface area contributed by atoms with Crippen LogP contribution in [-0.4, -0.2) is 51.0 Å². The van der Waals surface area contributed by atoms with Gasteiger partial charge in [0.25, 0.3) is 11.8 Å². The predicted molar refractivity (Wildman–Crippen MR) is 119 cm³/mol. The zero-order valence-corrected chi connectivity index (χ0v) is 18.3. The molecule has 9 nitrogen and oxygen atoms in total. The van der Waals surface area contributed by atoms with Crippen molar-refractivity contribution in [2.24, 2.45) is 0 Å². The topological polar surface area (TPSA) is 107 Å². The van der Waals surface area contributed by atoms with Crippen LogP contribution in [0.15, 0.2) is 42.5 Å². The van der Waals surface area contributed by atoms with E-state index in [-0.39, 0.29) is 5.11 Å². The lowest BCUT2D eigenvalue weighted by Crippen LogP contribution is -2.48. The Morgan fingerprint density at radius 3 is 2.19 bits per heavy atom. The molecule has 3 N–H and O–H groups in total. The molecule has 0 aromatic heterocycles. The average molecular weight is 448 g/mol. The van der Waals surface area contributed by atoms with Gasteiger partial charge in [-0.1, -0.05) is 0 Å². The molecular weight excluding hydrogens is 422 g/mol. The summed E-state index contributed by atoms with van der Waals surface area (Å²) in [5.74, 6) is 0.640. The number of hydrogen-bond donors (Lipinski definition) is 3. The highest BCUT2D eigenvalue weighted by atomic mass is 32.1. The molecule has 0 aliphatic carbocycles. The van der Waals surface area contributed by atoms with Crippen molar-refractivity contribution < 1.29 is 28.5 Å². The molecule has 2 aromatic carbocycles. The number of hydrogen-bond acceptors (Lipinski definition) is 7. The molecular formula is C21H25N3O6S. The highest BCUT2D eigenvalue weighted by molar-refractivity contribution is 7.80. The first kappa shape index (κ1) is 23.9. The summed E-state index contributed by atoms with van der Waals surface area (Å²) in [5, 5.41) is 2.42. The van der Waals surface area contributed by atoms with Crippen molar-refractivity contribution in [3.05, 3.63) is 53.6 Å². The molecule has 0 unspecified atom stereocenters.